The molecule has 0 unspecified atom stereocenters. The van der Waals surface area contributed by atoms with E-state index in [2.05, 4.69) is 18.4 Å². The number of ether oxygens (including phenoxy) is 1. The fourth-order valence-electron chi connectivity index (χ4n) is 4.49. The number of aliphatic hydroxyl groups excluding tert-OH is 1. The molecule has 0 aliphatic carbocycles. The van der Waals surface area contributed by atoms with Gasteiger partial charge in [0.25, 0.3) is 0 Å². The average Bonchev–Trinajstić information content (AvgIpc) is 3.05. The smallest absolute Gasteiger partial charge is 0.308 e. The molecule has 6 heteroatoms. The number of nitrogens with zero attached hydrogens (tertiary/aromatic N) is 1. The molecule has 2 aromatic carbocycles. The maximum atomic E-state index is 13.7. The molecule has 1 aromatic heterocycles. The lowest BCUT2D eigenvalue weighted by atomic mass is 10.0. The predicted octanol–water partition coefficient (Wildman–Crippen LogP) is 6.19. The number of cyclic esters (lactones) is 1. The molecule has 1 saturated heterocycles. The second-order valence-corrected chi connectivity index (χ2v) is 8.97. The summed E-state index contributed by atoms with van der Waals surface area (Å²) in [4.78, 5) is 11.8. The fourth-order valence-corrected chi connectivity index (χ4v) is 5.01. The van der Waals surface area contributed by atoms with Gasteiger partial charge in [-0.1, -0.05) is 55.8 Å². The molecule has 4 rings (SSSR count). The zero-order valence-corrected chi connectivity index (χ0v) is 19.0. The largest absolute Gasteiger partial charge is 0.462 e. The minimum absolute atomic E-state index is 0.0437. The molecular weight excluding hydrogens is 429 g/mol. The van der Waals surface area contributed by atoms with Crippen LogP contribution >= 0.6 is 11.6 Å². The molecule has 0 radical (unpaired) electrons. The number of esters is 1. The molecule has 1 fully saturated rings. The van der Waals surface area contributed by atoms with Crippen molar-refractivity contribution in [3.05, 3.63) is 71.1 Å². The van der Waals surface area contributed by atoms with Crippen LogP contribution in [0.25, 0.3) is 22.4 Å². The number of carbonyl (C=O) groups is 1. The molecule has 0 saturated carbocycles. The van der Waals surface area contributed by atoms with Crippen molar-refractivity contribution >= 4 is 17.6 Å². The zero-order valence-electron chi connectivity index (χ0n) is 18.2. The monoisotopic (exact) mass is 455 g/mol. The van der Waals surface area contributed by atoms with Crippen LogP contribution in [0.2, 0.25) is 5.02 Å². The minimum Gasteiger partial charge on any atom is -0.462 e. The van der Waals surface area contributed by atoms with Crippen molar-refractivity contribution in [1.82, 2.24) is 4.57 Å². The predicted molar refractivity (Wildman–Crippen MR) is 124 cm³/mol. The van der Waals surface area contributed by atoms with Gasteiger partial charge >= 0.3 is 5.97 Å². The van der Waals surface area contributed by atoms with Crippen molar-refractivity contribution in [3.63, 3.8) is 0 Å². The summed E-state index contributed by atoms with van der Waals surface area (Å²) in [5, 5.41) is 10.7. The Morgan fingerprint density at radius 1 is 1.12 bits per heavy atom. The molecule has 168 valence electrons. The summed E-state index contributed by atoms with van der Waals surface area (Å²) in [5.41, 5.74) is 4.64. The van der Waals surface area contributed by atoms with Gasteiger partial charge < -0.3 is 14.4 Å². The summed E-state index contributed by atoms with van der Waals surface area (Å²) in [6, 6.07) is 16.3. The van der Waals surface area contributed by atoms with Gasteiger partial charge in [0.15, 0.2) is 0 Å². The maximum Gasteiger partial charge on any atom is 0.308 e. The fraction of sp³-hybridized carbons (Fsp3) is 0.346. The molecule has 2 heterocycles. The molecule has 0 bridgehead atoms. The lowest BCUT2D eigenvalue weighted by molar-refractivity contribution is -0.160. The second-order valence-electron chi connectivity index (χ2n) is 8.60. The van der Waals surface area contributed by atoms with E-state index < -0.39 is 6.10 Å². The van der Waals surface area contributed by atoms with Gasteiger partial charge in [0, 0.05) is 30.6 Å². The first-order chi connectivity index (χ1) is 15.3. The van der Waals surface area contributed by atoms with E-state index in [0.717, 1.165) is 28.1 Å². The minimum atomic E-state index is -0.671. The first-order valence-corrected chi connectivity index (χ1v) is 11.3. The lowest BCUT2D eigenvalue weighted by Gasteiger charge is -2.27. The zero-order chi connectivity index (χ0) is 22.8. The van der Waals surface area contributed by atoms with Crippen molar-refractivity contribution in [2.45, 2.75) is 57.8 Å². The van der Waals surface area contributed by atoms with Crippen molar-refractivity contribution in [3.8, 4) is 22.4 Å². The van der Waals surface area contributed by atoms with Crippen LogP contribution in [0.1, 0.15) is 44.7 Å². The third kappa shape index (κ3) is 4.59. The number of rotatable bonds is 6. The highest BCUT2D eigenvalue weighted by molar-refractivity contribution is 6.35. The van der Waals surface area contributed by atoms with Gasteiger partial charge in [0.2, 0.25) is 0 Å². The quantitative estimate of drug-likeness (QED) is 0.450. The van der Waals surface area contributed by atoms with E-state index in [9.17, 15) is 14.3 Å². The number of hydrogen-bond acceptors (Lipinski definition) is 3. The number of aliphatic hydroxyl groups is 1. The van der Waals surface area contributed by atoms with Gasteiger partial charge in [-0.2, -0.15) is 0 Å². The average molecular weight is 456 g/mol. The molecule has 4 nitrogen and oxygen atoms in total. The first kappa shape index (κ1) is 22.6. The third-order valence-electron chi connectivity index (χ3n) is 5.88. The van der Waals surface area contributed by atoms with Gasteiger partial charge in [-0.15, -0.1) is 0 Å². The van der Waals surface area contributed by atoms with Crippen molar-refractivity contribution in [2.75, 3.05) is 0 Å². The van der Waals surface area contributed by atoms with Crippen molar-refractivity contribution < 1.29 is 19.0 Å². The molecule has 0 spiro atoms. The molecule has 32 heavy (non-hydrogen) atoms. The highest BCUT2D eigenvalue weighted by atomic mass is 35.5. The van der Waals surface area contributed by atoms with Crippen LogP contribution in [-0.4, -0.2) is 27.9 Å². The second kappa shape index (κ2) is 9.47. The van der Waals surface area contributed by atoms with E-state index in [0.29, 0.717) is 24.4 Å². The Bertz CT molecular complexity index is 1090. The molecule has 1 aliphatic heterocycles. The van der Waals surface area contributed by atoms with Crippen molar-refractivity contribution in [2.24, 2.45) is 0 Å². The summed E-state index contributed by atoms with van der Waals surface area (Å²) in [7, 11) is 0. The van der Waals surface area contributed by atoms with Gasteiger partial charge in [-0.05, 0) is 41.3 Å². The number of hydrogen-bond donors (Lipinski definition) is 1. The van der Waals surface area contributed by atoms with Crippen LogP contribution in [0.15, 0.2) is 54.6 Å². The first-order valence-electron chi connectivity index (χ1n) is 11.0. The Hall–Kier alpha value is -2.63. The van der Waals surface area contributed by atoms with Crippen LogP contribution in [0.5, 0.6) is 0 Å². The SMILES string of the molecule is CC(C)c1c(Cl)c(-c2ccccc2)c(-c2ccc(F)cc2)n1CC[C@@H]1C[C@@H](O)CC(=O)O1. The lowest BCUT2D eigenvalue weighted by Crippen LogP contribution is -2.33. The maximum absolute atomic E-state index is 13.7. The molecule has 2 atom stereocenters. The Labute approximate surface area is 192 Å². The molecule has 0 amide bonds. The van der Waals surface area contributed by atoms with E-state index in [-0.39, 0.29) is 30.2 Å². The van der Waals surface area contributed by atoms with Crippen LogP contribution in [0.4, 0.5) is 4.39 Å². The van der Waals surface area contributed by atoms with E-state index >= 15 is 0 Å². The topological polar surface area (TPSA) is 51.5 Å². The van der Waals surface area contributed by atoms with Crippen LogP contribution in [0.3, 0.4) is 0 Å². The Morgan fingerprint density at radius 3 is 2.44 bits per heavy atom. The van der Waals surface area contributed by atoms with Gasteiger partial charge in [-0.25, -0.2) is 4.39 Å². The van der Waals surface area contributed by atoms with Gasteiger partial charge in [0.1, 0.15) is 11.9 Å². The highest BCUT2D eigenvalue weighted by Crippen LogP contribution is 2.45. The summed E-state index contributed by atoms with van der Waals surface area (Å²) in [6.45, 7) is 4.73. The molecule has 1 N–H and O–H groups in total. The Balaban J connectivity index is 1.83. The number of aromatic nitrogens is 1. The normalized spacial score (nSPS) is 18.8. The Morgan fingerprint density at radius 2 is 1.81 bits per heavy atom. The summed E-state index contributed by atoms with van der Waals surface area (Å²) >= 11 is 6.99. The van der Waals surface area contributed by atoms with E-state index in [1.807, 2.05) is 30.3 Å². The van der Waals surface area contributed by atoms with Crippen molar-refractivity contribution in [1.29, 1.82) is 0 Å². The van der Waals surface area contributed by atoms with E-state index in [1.165, 1.54) is 12.1 Å². The van der Waals surface area contributed by atoms with Gasteiger partial charge in [0.05, 0.1) is 23.2 Å². The van der Waals surface area contributed by atoms with Crippen LogP contribution in [-0.2, 0) is 16.1 Å². The van der Waals surface area contributed by atoms with Crippen LogP contribution in [0, 0.1) is 5.82 Å². The van der Waals surface area contributed by atoms with Gasteiger partial charge in [-0.3, -0.25) is 4.79 Å². The number of carbonyl (C=O) groups excluding carboxylic acids is 1. The summed E-state index contributed by atoms with van der Waals surface area (Å²) < 4.78 is 21.3. The number of benzene rings is 2. The van der Waals surface area contributed by atoms with E-state index in [4.69, 9.17) is 16.3 Å². The van der Waals surface area contributed by atoms with E-state index in [1.54, 1.807) is 12.1 Å². The molecule has 1 aliphatic rings. The number of halogens is 2. The third-order valence-corrected chi connectivity index (χ3v) is 6.26. The summed E-state index contributed by atoms with van der Waals surface area (Å²) in [6.07, 6.45) is -0.00285. The molecule has 3 aromatic rings. The Kier molecular flexibility index (Phi) is 6.68. The summed E-state index contributed by atoms with van der Waals surface area (Å²) in [5.74, 6) is -0.530. The van der Waals surface area contributed by atoms with Crippen LogP contribution < -0.4 is 0 Å². The highest BCUT2D eigenvalue weighted by Gasteiger charge is 2.29. The molecular formula is C26H27ClFNO3. The standard InChI is InChI=1S/C26H27ClFNO3/c1-16(2)25-24(27)23(17-6-4-3-5-7-17)26(18-8-10-19(28)11-9-18)29(25)13-12-21-14-20(30)15-22(31)32-21/h3-11,16,20-21,30H,12-15H2,1-2H3/t20-,21-/m1/s1.